The fourth-order valence-electron chi connectivity index (χ4n) is 2.69. The van der Waals surface area contributed by atoms with Crippen molar-refractivity contribution in [3.63, 3.8) is 0 Å². The first kappa shape index (κ1) is 18.2. The van der Waals surface area contributed by atoms with Crippen molar-refractivity contribution in [2.75, 3.05) is 11.9 Å². The lowest BCUT2D eigenvalue weighted by molar-refractivity contribution is -0.136. The number of hydrogen-bond acceptors (Lipinski definition) is 3. The molecule has 2 aromatic rings. The Hall–Kier alpha value is -2.56. The summed E-state index contributed by atoms with van der Waals surface area (Å²) in [6, 6.07) is 12.2. The SMILES string of the molecule is C=CCN1C(=O)C(Nc2ccc(C)c(Cl)c2)=C(c2ccc(Cl)cc2)C1=O. The number of carbonyl (C=O) groups excluding carboxylic acids is 2. The van der Waals surface area contributed by atoms with Gasteiger partial charge in [0.2, 0.25) is 0 Å². The fourth-order valence-corrected chi connectivity index (χ4v) is 2.99. The molecule has 0 unspecified atom stereocenters. The Bertz CT molecular complexity index is 933. The molecule has 0 atom stereocenters. The van der Waals surface area contributed by atoms with Crippen molar-refractivity contribution >= 4 is 46.3 Å². The Labute approximate surface area is 161 Å². The van der Waals surface area contributed by atoms with Gasteiger partial charge < -0.3 is 5.32 Å². The van der Waals surface area contributed by atoms with Crippen LogP contribution in [0.4, 0.5) is 5.69 Å². The van der Waals surface area contributed by atoms with Gasteiger partial charge in [0.25, 0.3) is 11.8 Å². The second-order valence-electron chi connectivity index (χ2n) is 5.86. The second-order valence-corrected chi connectivity index (χ2v) is 6.70. The molecule has 26 heavy (non-hydrogen) atoms. The Morgan fingerprint density at radius 3 is 2.38 bits per heavy atom. The zero-order valence-corrected chi connectivity index (χ0v) is 15.6. The van der Waals surface area contributed by atoms with Crippen LogP contribution >= 0.6 is 23.2 Å². The van der Waals surface area contributed by atoms with Crippen LogP contribution in [0.15, 0.2) is 60.8 Å². The van der Waals surface area contributed by atoms with Crippen molar-refractivity contribution in [3.8, 4) is 0 Å². The molecule has 6 heteroatoms. The van der Waals surface area contributed by atoms with E-state index in [1.165, 1.54) is 6.08 Å². The summed E-state index contributed by atoms with van der Waals surface area (Å²) < 4.78 is 0. The van der Waals surface area contributed by atoms with Crippen molar-refractivity contribution in [1.29, 1.82) is 0 Å². The van der Waals surface area contributed by atoms with Crippen LogP contribution in [0.25, 0.3) is 5.57 Å². The van der Waals surface area contributed by atoms with E-state index < -0.39 is 5.91 Å². The number of benzene rings is 2. The zero-order chi connectivity index (χ0) is 18.8. The topological polar surface area (TPSA) is 49.4 Å². The van der Waals surface area contributed by atoms with Crippen molar-refractivity contribution in [1.82, 2.24) is 4.90 Å². The van der Waals surface area contributed by atoms with Gasteiger partial charge in [-0.2, -0.15) is 0 Å². The molecule has 1 aliphatic heterocycles. The van der Waals surface area contributed by atoms with Crippen LogP contribution in [0.5, 0.6) is 0 Å². The predicted octanol–water partition coefficient (Wildman–Crippen LogP) is 4.68. The van der Waals surface area contributed by atoms with Crippen LogP contribution in [0.3, 0.4) is 0 Å². The van der Waals surface area contributed by atoms with Gasteiger partial charge in [0.1, 0.15) is 5.70 Å². The zero-order valence-electron chi connectivity index (χ0n) is 14.1. The minimum Gasteiger partial charge on any atom is -0.350 e. The largest absolute Gasteiger partial charge is 0.350 e. The van der Waals surface area contributed by atoms with Crippen LogP contribution in [0, 0.1) is 6.92 Å². The lowest BCUT2D eigenvalue weighted by atomic mass is 10.0. The third-order valence-corrected chi connectivity index (χ3v) is 4.71. The van der Waals surface area contributed by atoms with Gasteiger partial charge in [-0.3, -0.25) is 14.5 Å². The third-order valence-electron chi connectivity index (χ3n) is 4.05. The number of nitrogens with one attached hydrogen (secondary N) is 1. The number of anilines is 1. The minimum absolute atomic E-state index is 0.134. The molecule has 2 aromatic carbocycles. The summed E-state index contributed by atoms with van der Waals surface area (Å²) in [5.74, 6) is -0.783. The summed E-state index contributed by atoms with van der Waals surface area (Å²) in [6.45, 7) is 5.64. The molecular weight excluding hydrogens is 371 g/mol. The third kappa shape index (κ3) is 3.39. The average molecular weight is 387 g/mol. The van der Waals surface area contributed by atoms with Crippen molar-refractivity contribution in [2.24, 2.45) is 0 Å². The van der Waals surface area contributed by atoms with E-state index in [-0.39, 0.29) is 18.1 Å². The first-order chi connectivity index (χ1) is 12.4. The average Bonchev–Trinajstić information content (AvgIpc) is 2.84. The van der Waals surface area contributed by atoms with E-state index >= 15 is 0 Å². The minimum atomic E-state index is -0.406. The van der Waals surface area contributed by atoms with E-state index in [1.807, 2.05) is 19.1 Å². The summed E-state index contributed by atoms with van der Waals surface area (Å²) in [6.07, 6.45) is 1.51. The normalized spacial score (nSPS) is 14.2. The lowest BCUT2D eigenvalue weighted by Crippen LogP contribution is -2.32. The Balaban J connectivity index is 2.08. The van der Waals surface area contributed by atoms with E-state index in [0.29, 0.717) is 26.9 Å². The Kier molecular flexibility index (Phi) is 5.16. The van der Waals surface area contributed by atoms with Crippen LogP contribution in [-0.4, -0.2) is 23.3 Å². The summed E-state index contributed by atoms with van der Waals surface area (Å²) in [4.78, 5) is 26.8. The highest BCUT2D eigenvalue weighted by Gasteiger charge is 2.38. The number of carbonyl (C=O) groups is 2. The van der Waals surface area contributed by atoms with Gasteiger partial charge in [0.05, 0.1) is 5.57 Å². The number of hydrogen-bond donors (Lipinski definition) is 1. The van der Waals surface area contributed by atoms with Gasteiger partial charge in [-0.15, -0.1) is 6.58 Å². The van der Waals surface area contributed by atoms with Gasteiger partial charge in [0, 0.05) is 22.3 Å². The standard InChI is InChI=1S/C20H16Cl2N2O2/c1-3-10-24-19(25)17(13-5-7-14(21)8-6-13)18(20(24)26)23-15-9-4-12(2)16(22)11-15/h3-9,11,23H,1,10H2,2H3. The predicted molar refractivity (Wildman–Crippen MR) is 105 cm³/mol. The number of rotatable bonds is 5. The maximum Gasteiger partial charge on any atom is 0.278 e. The molecule has 0 fully saturated rings. The van der Waals surface area contributed by atoms with E-state index in [4.69, 9.17) is 23.2 Å². The summed E-state index contributed by atoms with van der Waals surface area (Å²) in [7, 11) is 0. The van der Waals surface area contributed by atoms with Crippen LogP contribution < -0.4 is 5.32 Å². The molecular formula is C20H16Cl2N2O2. The molecule has 0 radical (unpaired) electrons. The molecule has 3 rings (SSSR count). The first-order valence-electron chi connectivity index (χ1n) is 7.93. The van der Waals surface area contributed by atoms with Gasteiger partial charge in [-0.1, -0.05) is 47.5 Å². The van der Waals surface area contributed by atoms with Crippen LogP contribution in [0.2, 0.25) is 10.0 Å². The Morgan fingerprint density at radius 1 is 1.08 bits per heavy atom. The highest BCUT2D eigenvalue weighted by Crippen LogP contribution is 2.32. The van der Waals surface area contributed by atoms with Gasteiger partial charge in [-0.05, 0) is 42.3 Å². The molecule has 1 heterocycles. The number of halogens is 2. The molecule has 2 amide bonds. The maximum atomic E-state index is 12.8. The van der Waals surface area contributed by atoms with E-state index in [1.54, 1.807) is 30.3 Å². The monoisotopic (exact) mass is 386 g/mol. The van der Waals surface area contributed by atoms with Crippen molar-refractivity contribution in [2.45, 2.75) is 6.92 Å². The number of imide groups is 1. The quantitative estimate of drug-likeness (QED) is 0.599. The van der Waals surface area contributed by atoms with Crippen molar-refractivity contribution < 1.29 is 9.59 Å². The number of nitrogens with zero attached hydrogens (tertiary/aromatic N) is 1. The summed E-state index contributed by atoms with van der Waals surface area (Å²) in [5.41, 5.74) is 2.67. The molecule has 1 aliphatic rings. The van der Waals surface area contributed by atoms with Gasteiger partial charge in [-0.25, -0.2) is 0 Å². The molecule has 4 nitrogen and oxygen atoms in total. The van der Waals surface area contributed by atoms with E-state index in [0.717, 1.165) is 10.5 Å². The van der Waals surface area contributed by atoms with Gasteiger partial charge in [0.15, 0.2) is 0 Å². The summed E-state index contributed by atoms with van der Waals surface area (Å²) >= 11 is 12.1. The molecule has 1 N–H and O–H groups in total. The number of amides is 2. The number of aryl methyl sites for hydroxylation is 1. The van der Waals surface area contributed by atoms with E-state index in [9.17, 15) is 9.59 Å². The van der Waals surface area contributed by atoms with Gasteiger partial charge >= 0.3 is 0 Å². The Morgan fingerprint density at radius 2 is 1.77 bits per heavy atom. The highest BCUT2D eigenvalue weighted by molar-refractivity contribution is 6.37. The smallest absolute Gasteiger partial charge is 0.278 e. The summed E-state index contributed by atoms with van der Waals surface area (Å²) in [5, 5.41) is 4.18. The maximum absolute atomic E-state index is 12.8. The lowest BCUT2D eigenvalue weighted by Gasteiger charge is -2.12. The van der Waals surface area contributed by atoms with Crippen LogP contribution in [0.1, 0.15) is 11.1 Å². The molecule has 0 spiro atoms. The molecule has 0 aromatic heterocycles. The molecule has 0 saturated carbocycles. The molecule has 0 bridgehead atoms. The van der Waals surface area contributed by atoms with Crippen molar-refractivity contribution in [3.05, 3.63) is 82.0 Å². The van der Waals surface area contributed by atoms with E-state index in [2.05, 4.69) is 11.9 Å². The molecule has 0 aliphatic carbocycles. The fraction of sp³-hybridized carbons (Fsp3) is 0.100. The van der Waals surface area contributed by atoms with Crippen LogP contribution in [-0.2, 0) is 9.59 Å². The first-order valence-corrected chi connectivity index (χ1v) is 8.68. The molecule has 0 saturated heterocycles. The second kappa shape index (κ2) is 7.36. The molecule has 132 valence electrons. The highest BCUT2D eigenvalue weighted by atomic mass is 35.5.